The zero-order valence-corrected chi connectivity index (χ0v) is 9.34. The van der Waals surface area contributed by atoms with Gasteiger partial charge in [-0.25, -0.2) is 0 Å². The molecule has 2 aromatic heterocycles. The average molecular weight is 234 g/mol. The molecule has 0 spiro atoms. The SMILES string of the molecule is Cc1oc(C)c2c1C(=O)c1nsnc1C2=O. The van der Waals surface area contributed by atoms with Crippen LogP contribution in [-0.2, 0) is 0 Å². The van der Waals surface area contributed by atoms with Gasteiger partial charge in [0.25, 0.3) is 0 Å². The van der Waals surface area contributed by atoms with Crippen LogP contribution in [-0.4, -0.2) is 20.3 Å². The average Bonchev–Trinajstić information content (AvgIpc) is 2.80. The lowest BCUT2D eigenvalue weighted by atomic mass is 9.91. The van der Waals surface area contributed by atoms with E-state index in [2.05, 4.69) is 8.75 Å². The Morgan fingerprint density at radius 2 is 1.38 bits per heavy atom. The Balaban J connectivity index is 2.40. The molecule has 0 atom stereocenters. The van der Waals surface area contributed by atoms with E-state index < -0.39 is 0 Å². The van der Waals surface area contributed by atoms with Gasteiger partial charge >= 0.3 is 0 Å². The molecule has 0 saturated carbocycles. The first-order valence-electron chi connectivity index (χ1n) is 4.63. The molecule has 0 bridgehead atoms. The van der Waals surface area contributed by atoms with Crippen molar-refractivity contribution in [3.8, 4) is 0 Å². The fourth-order valence-electron chi connectivity index (χ4n) is 1.95. The molecule has 0 aromatic carbocycles. The molecule has 80 valence electrons. The first-order valence-corrected chi connectivity index (χ1v) is 5.36. The van der Waals surface area contributed by atoms with Gasteiger partial charge < -0.3 is 4.42 Å². The Morgan fingerprint density at radius 1 is 0.938 bits per heavy atom. The second-order valence-corrected chi connectivity index (χ2v) is 4.11. The topological polar surface area (TPSA) is 73.1 Å². The van der Waals surface area contributed by atoms with Crippen molar-refractivity contribution in [2.45, 2.75) is 13.8 Å². The van der Waals surface area contributed by atoms with E-state index >= 15 is 0 Å². The van der Waals surface area contributed by atoms with E-state index in [4.69, 9.17) is 4.42 Å². The van der Waals surface area contributed by atoms with Crippen molar-refractivity contribution in [2.75, 3.05) is 0 Å². The molecule has 0 saturated heterocycles. The van der Waals surface area contributed by atoms with E-state index in [1.54, 1.807) is 13.8 Å². The van der Waals surface area contributed by atoms with Crippen molar-refractivity contribution < 1.29 is 14.0 Å². The van der Waals surface area contributed by atoms with Crippen molar-refractivity contribution in [3.63, 3.8) is 0 Å². The van der Waals surface area contributed by atoms with Crippen molar-refractivity contribution in [1.82, 2.24) is 8.75 Å². The summed E-state index contributed by atoms with van der Waals surface area (Å²) in [4.78, 5) is 24.1. The van der Waals surface area contributed by atoms with Crippen LogP contribution in [0.25, 0.3) is 0 Å². The van der Waals surface area contributed by atoms with E-state index in [9.17, 15) is 9.59 Å². The molecule has 2 aromatic rings. The highest BCUT2D eigenvalue weighted by atomic mass is 32.1. The van der Waals surface area contributed by atoms with Gasteiger partial charge in [-0.1, -0.05) is 0 Å². The molecule has 16 heavy (non-hydrogen) atoms. The summed E-state index contributed by atoms with van der Waals surface area (Å²) < 4.78 is 13.0. The normalized spacial score (nSPS) is 13.9. The van der Waals surface area contributed by atoms with Crippen molar-refractivity contribution >= 4 is 23.3 Å². The summed E-state index contributed by atoms with van der Waals surface area (Å²) in [5.41, 5.74) is 0.961. The maximum absolute atomic E-state index is 12.0. The van der Waals surface area contributed by atoms with Gasteiger partial charge in [-0.05, 0) is 13.8 Å². The molecule has 0 aliphatic heterocycles. The Kier molecular flexibility index (Phi) is 1.68. The summed E-state index contributed by atoms with van der Waals surface area (Å²) in [6.07, 6.45) is 0. The summed E-state index contributed by atoms with van der Waals surface area (Å²) in [6.45, 7) is 3.34. The predicted octanol–water partition coefficient (Wildman–Crippen LogP) is 1.52. The summed E-state index contributed by atoms with van der Waals surface area (Å²) in [5, 5.41) is 0. The lowest BCUT2D eigenvalue weighted by Gasteiger charge is -2.07. The quantitative estimate of drug-likeness (QED) is 0.589. The van der Waals surface area contributed by atoms with Crippen molar-refractivity contribution in [2.24, 2.45) is 0 Å². The number of aromatic nitrogens is 2. The molecule has 0 amide bonds. The minimum atomic E-state index is -0.271. The standard InChI is InChI=1S/C10H6N2O3S/c1-3-5-6(4(2)15-3)10(14)8-7(9(5)13)11-16-12-8/h1-2H3. The molecule has 2 heterocycles. The van der Waals surface area contributed by atoms with Crippen LogP contribution in [0.2, 0.25) is 0 Å². The molecule has 1 aliphatic carbocycles. The summed E-state index contributed by atoms with van der Waals surface area (Å²) in [6, 6.07) is 0. The molecule has 0 radical (unpaired) electrons. The number of nitrogens with zero attached hydrogens (tertiary/aromatic N) is 2. The number of aryl methyl sites for hydroxylation is 2. The predicted molar refractivity (Wildman–Crippen MR) is 55.0 cm³/mol. The number of hydrogen-bond donors (Lipinski definition) is 0. The second kappa shape index (κ2) is 2.85. The molecule has 0 fully saturated rings. The Morgan fingerprint density at radius 3 is 1.81 bits per heavy atom. The molecule has 0 unspecified atom stereocenters. The smallest absolute Gasteiger partial charge is 0.219 e. The summed E-state index contributed by atoms with van der Waals surface area (Å²) >= 11 is 0.876. The van der Waals surface area contributed by atoms with Gasteiger partial charge in [-0.3, -0.25) is 9.59 Å². The van der Waals surface area contributed by atoms with E-state index in [1.807, 2.05) is 0 Å². The minimum Gasteiger partial charge on any atom is -0.465 e. The molecular weight excluding hydrogens is 228 g/mol. The number of furan rings is 1. The van der Waals surface area contributed by atoms with E-state index in [0.29, 0.717) is 22.6 Å². The van der Waals surface area contributed by atoms with Gasteiger partial charge in [0.05, 0.1) is 22.9 Å². The van der Waals surface area contributed by atoms with Crippen LogP contribution >= 0.6 is 11.7 Å². The molecule has 3 rings (SSSR count). The molecule has 5 nitrogen and oxygen atoms in total. The minimum absolute atomic E-state index is 0.145. The molecular formula is C10H6N2O3S. The number of carbonyl (C=O) groups is 2. The van der Waals surface area contributed by atoms with Gasteiger partial charge in [0.1, 0.15) is 11.5 Å². The maximum atomic E-state index is 12.0. The molecule has 1 aliphatic rings. The number of carbonyl (C=O) groups excluding carboxylic acids is 2. The monoisotopic (exact) mass is 234 g/mol. The lowest BCUT2D eigenvalue weighted by Crippen LogP contribution is -2.20. The fraction of sp³-hybridized carbons (Fsp3) is 0.200. The van der Waals surface area contributed by atoms with Crippen LogP contribution < -0.4 is 0 Å². The summed E-state index contributed by atoms with van der Waals surface area (Å²) in [5.74, 6) is 0.384. The number of fused-ring (bicyclic) bond motifs is 2. The Hall–Kier alpha value is -1.82. The van der Waals surface area contributed by atoms with E-state index in [-0.39, 0.29) is 23.0 Å². The van der Waals surface area contributed by atoms with Crippen LogP contribution in [0.5, 0.6) is 0 Å². The first kappa shape index (κ1) is 9.41. The van der Waals surface area contributed by atoms with Crippen LogP contribution in [0.3, 0.4) is 0 Å². The van der Waals surface area contributed by atoms with Crippen molar-refractivity contribution in [3.05, 3.63) is 34.0 Å². The van der Waals surface area contributed by atoms with Gasteiger partial charge in [-0.2, -0.15) is 8.75 Å². The van der Waals surface area contributed by atoms with Gasteiger partial charge in [0, 0.05) is 0 Å². The van der Waals surface area contributed by atoms with Crippen LogP contribution in [0.1, 0.15) is 43.6 Å². The third kappa shape index (κ3) is 0.943. The van der Waals surface area contributed by atoms with E-state index in [0.717, 1.165) is 11.7 Å². The van der Waals surface area contributed by atoms with Crippen LogP contribution in [0.15, 0.2) is 4.42 Å². The van der Waals surface area contributed by atoms with Gasteiger partial charge in [-0.15, -0.1) is 0 Å². The van der Waals surface area contributed by atoms with Crippen molar-refractivity contribution in [1.29, 1.82) is 0 Å². The highest BCUT2D eigenvalue weighted by Gasteiger charge is 2.38. The van der Waals surface area contributed by atoms with Gasteiger partial charge in [0.2, 0.25) is 11.6 Å². The lowest BCUT2D eigenvalue weighted by molar-refractivity contribution is 0.0974. The second-order valence-electron chi connectivity index (χ2n) is 3.58. The maximum Gasteiger partial charge on any atom is 0.219 e. The van der Waals surface area contributed by atoms with Crippen LogP contribution in [0.4, 0.5) is 0 Å². The zero-order valence-electron chi connectivity index (χ0n) is 8.53. The Labute approximate surface area is 94.4 Å². The largest absolute Gasteiger partial charge is 0.465 e. The number of ketones is 2. The highest BCUT2D eigenvalue weighted by molar-refractivity contribution is 6.99. The number of hydrogen-bond acceptors (Lipinski definition) is 6. The zero-order chi connectivity index (χ0) is 11.4. The fourth-order valence-corrected chi connectivity index (χ4v) is 2.50. The van der Waals surface area contributed by atoms with Crippen LogP contribution in [0, 0.1) is 13.8 Å². The van der Waals surface area contributed by atoms with Gasteiger partial charge in [0.15, 0.2) is 11.4 Å². The first-order chi connectivity index (χ1) is 7.61. The number of rotatable bonds is 0. The summed E-state index contributed by atoms with van der Waals surface area (Å²) in [7, 11) is 0. The molecule has 6 heteroatoms. The highest BCUT2D eigenvalue weighted by Crippen LogP contribution is 2.31. The molecule has 0 N–H and O–H groups in total. The van der Waals surface area contributed by atoms with E-state index in [1.165, 1.54) is 0 Å². The third-order valence-electron chi connectivity index (χ3n) is 2.63. The Bertz CT molecular complexity index is 588. The third-order valence-corrected chi connectivity index (χ3v) is 3.16.